The fourth-order valence-electron chi connectivity index (χ4n) is 3.19. The molecule has 0 atom stereocenters. The Kier molecular flexibility index (Phi) is 5.07. The highest BCUT2D eigenvalue weighted by Gasteiger charge is 2.39. The SMILES string of the molecule is Cn1c(C(F)(F)F)nn(C2CCN(C(=O)Cc3ccc(F)cc3)CC2)c1=O. The minimum Gasteiger partial charge on any atom is -0.342 e. The minimum absolute atomic E-state index is 0.118. The van der Waals surface area contributed by atoms with Gasteiger partial charge in [0, 0.05) is 20.1 Å². The Morgan fingerprint density at radius 3 is 2.30 bits per heavy atom. The van der Waals surface area contributed by atoms with Gasteiger partial charge in [-0.05, 0) is 30.5 Å². The zero-order valence-electron chi connectivity index (χ0n) is 14.5. The van der Waals surface area contributed by atoms with Gasteiger partial charge in [-0.2, -0.15) is 13.2 Å². The van der Waals surface area contributed by atoms with Crippen LogP contribution in [0.1, 0.15) is 30.3 Å². The third-order valence-corrected chi connectivity index (χ3v) is 4.69. The lowest BCUT2D eigenvalue weighted by molar-refractivity contribution is -0.147. The standard InChI is InChI=1S/C17H18F4N4O2/c1-23-15(17(19,20)21)22-25(16(23)27)13-6-8-24(9-7-13)14(26)10-11-2-4-12(18)5-3-11/h2-5,13H,6-10H2,1H3. The van der Waals surface area contributed by atoms with E-state index in [0.29, 0.717) is 36.1 Å². The largest absolute Gasteiger partial charge is 0.451 e. The molecule has 1 aliphatic rings. The van der Waals surface area contributed by atoms with Gasteiger partial charge in [0.1, 0.15) is 5.82 Å². The lowest BCUT2D eigenvalue weighted by atomic mass is 10.0. The Labute approximate surface area is 152 Å². The number of carbonyl (C=O) groups excluding carboxylic acids is 1. The molecule has 0 radical (unpaired) electrons. The summed E-state index contributed by atoms with van der Waals surface area (Å²) in [5, 5.41) is 3.45. The first-order valence-corrected chi connectivity index (χ1v) is 8.42. The van der Waals surface area contributed by atoms with E-state index < -0.39 is 23.7 Å². The van der Waals surface area contributed by atoms with Crippen molar-refractivity contribution in [2.45, 2.75) is 31.5 Å². The molecule has 0 bridgehead atoms. The zero-order valence-corrected chi connectivity index (χ0v) is 14.5. The molecule has 1 fully saturated rings. The van der Waals surface area contributed by atoms with Crippen LogP contribution >= 0.6 is 0 Å². The maximum Gasteiger partial charge on any atom is 0.451 e. The molecule has 27 heavy (non-hydrogen) atoms. The zero-order chi connectivity index (χ0) is 19.8. The van der Waals surface area contributed by atoms with E-state index in [0.717, 1.165) is 11.7 Å². The van der Waals surface area contributed by atoms with Crippen molar-refractivity contribution in [3.05, 3.63) is 52.0 Å². The molecule has 146 valence electrons. The quantitative estimate of drug-likeness (QED) is 0.760. The Balaban J connectivity index is 1.64. The number of alkyl halides is 3. The lowest BCUT2D eigenvalue weighted by Crippen LogP contribution is -2.41. The second-order valence-electron chi connectivity index (χ2n) is 6.52. The summed E-state index contributed by atoms with van der Waals surface area (Å²) < 4.78 is 53.0. The first-order chi connectivity index (χ1) is 12.7. The fourth-order valence-corrected chi connectivity index (χ4v) is 3.19. The third kappa shape index (κ3) is 4.04. The molecule has 2 heterocycles. The average molecular weight is 386 g/mol. The number of hydrogen-bond donors (Lipinski definition) is 0. The highest BCUT2D eigenvalue weighted by Crippen LogP contribution is 2.28. The normalized spacial score (nSPS) is 16.0. The van der Waals surface area contributed by atoms with Gasteiger partial charge in [-0.25, -0.2) is 13.9 Å². The van der Waals surface area contributed by atoms with Crippen LogP contribution in [-0.4, -0.2) is 38.2 Å². The predicted molar refractivity (Wildman–Crippen MR) is 87.4 cm³/mol. The number of benzene rings is 1. The summed E-state index contributed by atoms with van der Waals surface area (Å²) in [6.45, 7) is 0.629. The van der Waals surface area contributed by atoms with Crippen molar-refractivity contribution in [3.63, 3.8) is 0 Å². The molecule has 2 aromatic rings. The van der Waals surface area contributed by atoms with Crippen LogP contribution in [0.4, 0.5) is 17.6 Å². The molecule has 1 aromatic heterocycles. The molecule has 6 nitrogen and oxygen atoms in total. The lowest BCUT2D eigenvalue weighted by Gasteiger charge is -2.31. The van der Waals surface area contributed by atoms with Crippen LogP contribution in [0.5, 0.6) is 0 Å². The molecule has 3 rings (SSSR count). The van der Waals surface area contributed by atoms with Gasteiger partial charge in [-0.15, -0.1) is 5.10 Å². The Morgan fingerprint density at radius 1 is 1.19 bits per heavy atom. The van der Waals surface area contributed by atoms with Crippen LogP contribution in [0.25, 0.3) is 0 Å². The fraction of sp³-hybridized carbons (Fsp3) is 0.471. The molecule has 0 N–H and O–H groups in total. The van der Waals surface area contributed by atoms with E-state index in [-0.39, 0.29) is 18.1 Å². The smallest absolute Gasteiger partial charge is 0.342 e. The van der Waals surface area contributed by atoms with E-state index in [1.165, 1.54) is 24.3 Å². The number of piperidine rings is 1. The van der Waals surface area contributed by atoms with Gasteiger partial charge in [0.15, 0.2) is 0 Å². The van der Waals surface area contributed by atoms with Crippen molar-refractivity contribution >= 4 is 5.91 Å². The van der Waals surface area contributed by atoms with Gasteiger partial charge in [-0.3, -0.25) is 9.36 Å². The number of hydrogen-bond acceptors (Lipinski definition) is 3. The van der Waals surface area contributed by atoms with Crippen LogP contribution in [-0.2, 0) is 24.4 Å². The minimum atomic E-state index is -4.70. The van der Waals surface area contributed by atoms with Crippen LogP contribution in [0.15, 0.2) is 29.1 Å². The summed E-state index contributed by atoms with van der Waals surface area (Å²) in [6, 6.07) is 5.13. The van der Waals surface area contributed by atoms with Crippen LogP contribution < -0.4 is 5.69 Å². The molecular weight excluding hydrogens is 368 g/mol. The Hall–Kier alpha value is -2.65. The van der Waals surface area contributed by atoms with E-state index in [9.17, 15) is 27.2 Å². The number of amides is 1. The van der Waals surface area contributed by atoms with Gasteiger partial charge >= 0.3 is 11.9 Å². The van der Waals surface area contributed by atoms with Crippen molar-refractivity contribution in [3.8, 4) is 0 Å². The summed E-state index contributed by atoms with van der Waals surface area (Å²) in [5.41, 5.74) is -0.141. The maximum absolute atomic E-state index is 12.9. The van der Waals surface area contributed by atoms with Crippen LogP contribution in [0, 0.1) is 5.82 Å². The summed E-state index contributed by atoms with van der Waals surface area (Å²) in [7, 11) is 1.04. The van der Waals surface area contributed by atoms with Crippen molar-refractivity contribution < 1.29 is 22.4 Å². The molecule has 0 unspecified atom stereocenters. The molecule has 10 heteroatoms. The van der Waals surface area contributed by atoms with Gasteiger partial charge in [-0.1, -0.05) is 12.1 Å². The summed E-state index contributed by atoms with van der Waals surface area (Å²) in [4.78, 5) is 26.0. The molecule has 0 saturated carbocycles. The number of halogens is 4. The summed E-state index contributed by atoms with van der Waals surface area (Å²) in [5.74, 6) is -1.77. The van der Waals surface area contributed by atoms with Crippen LogP contribution in [0.3, 0.4) is 0 Å². The second kappa shape index (κ2) is 7.16. The number of carbonyl (C=O) groups is 1. The molecule has 1 amide bonds. The molecular formula is C17H18F4N4O2. The van der Waals surface area contributed by atoms with Gasteiger partial charge < -0.3 is 4.90 Å². The second-order valence-corrected chi connectivity index (χ2v) is 6.52. The number of rotatable bonds is 3. The summed E-state index contributed by atoms with van der Waals surface area (Å²) >= 11 is 0. The van der Waals surface area contributed by atoms with Crippen molar-refractivity contribution in [2.24, 2.45) is 7.05 Å². The maximum atomic E-state index is 12.9. The van der Waals surface area contributed by atoms with E-state index in [1.807, 2.05) is 0 Å². The van der Waals surface area contributed by atoms with E-state index in [4.69, 9.17) is 0 Å². The molecule has 0 aliphatic carbocycles. The van der Waals surface area contributed by atoms with E-state index in [2.05, 4.69) is 5.10 Å². The van der Waals surface area contributed by atoms with Gasteiger partial charge in [0.25, 0.3) is 0 Å². The van der Waals surface area contributed by atoms with Gasteiger partial charge in [0.2, 0.25) is 11.7 Å². The average Bonchev–Trinajstić information content (AvgIpc) is 2.92. The van der Waals surface area contributed by atoms with Gasteiger partial charge in [0.05, 0.1) is 12.5 Å². The van der Waals surface area contributed by atoms with E-state index >= 15 is 0 Å². The molecule has 1 saturated heterocycles. The highest BCUT2D eigenvalue weighted by atomic mass is 19.4. The molecule has 1 aliphatic heterocycles. The summed E-state index contributed by atoms with van der Waals surface area (Å²) in [6.07, 6.45) is -3.91. The molecule has 0 spiro atoms. The predicted octanol–water partition coefficient (Wildman–Crippen LogP) is 2.15. The van der Waals surface area contributed by atoms with Crippen molar-refractivity contribution in [1.82, 2.24) is 19.2 Å². The van der Waals surface area contributed by atoms with Crippen molar-refractivity contribution in [1.29, 1.82) is 0 Å². The number of aromatic nitrogens is 3. The molecule has 1 aromatic carbocycles. The first kappa shape index (κ1) is 19.1. The monoisotopic (exact) mass is 386 g/mol. The number of nitrogens with zero attached hydrogens (tertiary/aromatic N) is 4. The first-order valence-electron chi connectivity index (χ1n) is 8.42. The Morgan fingerprint density at radius 2 is 1.78 bits per heavy atom. The number of likely N-dealkylation sites (tertiary alicyclic amines) is 1. The topological polar surface area (TPSA) is 60.1 Å². The van der Waals surface area contributed by atoms with Crippen molar-refractivity contribution in [2.75, 3.05) is 13.1 Å². The Bertz CT molecular complexity index is 878. The highest BCUT2D eigenvalue weighted by molar-refractivity contribution is 5.78. The van der Waals surface area contributed by atoms with E-state index in [1.54, 1.807) is 4.90 Å². The third-order valence-electron chi connectivity index (χ3n) is 4.69. The van der Waals surface area contributed by atoms with Crippen LogP contribution in [0.2, 0.25) is 0 Å².